The van der Waals surface area contributed by atoms with Crippen LogP contribution in [0.15, 0.2) is 41.2 Å². The van der Waals surface area contributed by atoms with Crippen molar-refractivity contribution in [1.82, 2.24) is 9.88 Å². The molecule has 1 fully saturated rings. The molecule has 0 aliphatic carbocycles. The van der Waals surface area contributed by atoms with Gasteiger partial charge in [-0.25, -0.2) is 8.42 Å². The van der Waals surface area contributed by atoms with Crippen molar-refractivity contribution < 1.29 is 92.1 Å². The Hall–Kier alpha value is -1.01. The third-order valence-electron chi connectivity index (χ3n) is 3.61. The van der Waals surface area contributed by atoms with Gasteiger partial charge in [0.2, 0.25) is 0 Å². The van der Waals surface area contributed by atoms with Crippen molar-refractivity contribution in [3.05, 3.63) is 46.9 Å². The molecule has 0 aromatic carbocycles. The van der Waals surface area contributed by atoms with E-state index in [1.54, 1.807) is 12.1 Å². The quantitative estimate of drug-likeness (QED) is 0.279. The van der Waals surface area contributed by atoms with Gasteiger partial charge in [0.25, 0.3) is 5.91 Å². The molecule has 2 aliphatic heterocycles. The summed E-state index contributed by atoms with van der Waals surface area (Å²) in [6.07, 6.45) is 2.65. The minimum absolute atomic E-state index is 0. The average Bonchev–Trinajstić information content (AvgIpc) is 2.51. The zero-order chi connectivity index (χ0) is 17.6. The van der Waals surface area contributed by atoms with Gasteiger partial charge in [-0.15, -0.1) is 0 Å². The first-order chi connectivity index (χ1) is 11.2. The van der Waals surface area contributed by atoms with Gasteiger partial charge in [0.05, 0.1) is 34.7 Å². The van der Waals surface area contributed by atoms with Crippen molar-refractivity contribution in [3.63, 3.8) is 0 Å². The SMILES string of the molecule is O=C([O-])C1=C(C(=O)[O-])N2C(=O)/C(=C/c3ccccn3)[C@H]2S(=O)(=O)C1.[Na+].[Na+]. The molecule has 1 aromatic rings. The second-order valence-corrected chi connectivity index (χ2v) is 7.15. The minimum Gasteiger partial charge on any atom is -0.545 e. The molecule has 3 rings (SSSR count). The zero-order valence-electron chi connectivity index (χ0n) is 13.8. The maximum absolute atomic E-state index is 12.3. The van der Waals surface area contributed by atoms with Gasteiger partial charge >= 0.3 is 59.1 Å². The molecule has 124 valence electrons. The molecule has 1 saturated heterocycles. The van der Waals surface area contributed by atoms with Crippen molar-refractivity contribution in [2.75, 3.05) is 5.75 Å². The normalized spacial score (nSPS) is 21.8. The van der Waals surface area contributed by atoms with E-state index in [0.29, 0.717) is 10.6 Å². The number of carbonyl (C=O) groups excluding carboxylic acids is 3. The smallest absolute Gasteiger partial charge is 0.545 e. The Morgan fingerprint density at radius 2 is 1.85 bits per heavy atom. The predicted molar refractivity (Wildman–Crippen MR) is 73.7 cm³/mol. The van der Waals surface area contributed by atoms with E-state index >= 15 is 0 Å². The number of hydrogen-bond acceptors (Lipinski definition) is 8. The summed E-state index contributed by atoms with van der Waals surface area (Å²) in [5.74, 6) is -5.94. The molecule has 3 heterocycles. The van der Waals surface area contributed by atoms with Crippen LogP contribution in [-0.2, 0) is 24.2 Å². The average molecular weight is 394 g/mol. The molecule has 9 nitrogen and oxygen atoms in total. The van der Waals surface area contributed by atoms with Crippen molar-refractivity contribution in [3.8, 4) is 0 Å². The van der Waals surface area contributed by atoms with Gasteiger partial charge < -0.3 is 19.8 Å². The summed E-state index contributed by atoms with van der Waals surface area (Å²) in [6.45, 7) is 0. The van der Waals surface area contributed by atoms with Crippen LogP contribution in [-0.4, -0.2) is 47.3 Å². The van der Waals surface area contributed by atoms with Crippen molar-refractivity contribution in [1.29, 1.82) is 0 Å². The molecule has 0 spiro atoms. The van der Waals surface area contributed by atoms with E-state index in [0.717, 1.165) is 0 Å². The molecule has 0 N–H and O–H groups in total. The Bertz CT molecular complexity index is 941. The Labute approximate surface area is 192 Å². The fraction of sp³-hybridized carbons (Fsp3) is 0.143. The van der Waals surface area contributed by atoms with Crippen molar-refractivity contribution in [2.45, 2.75) is 5.37 Å². The van der Waals surface area contributed by atoms with E-state index in [-0.39, 0.29) is 64.7 Å². The molecule has 0 bridgehead atoms. The third-order valence-corrected chi connectivity index (χ3v) is 5.45. The number of carboxylic acid groups (broad SMARTS) is 2. The monoisotopic (exact) mass is 394 g/mol. The van der Waals surface area contributed by atoms with E-state index in [4.69, 9.17) is 0 Å². The molecule has 12 heteroatoms. The minimum atomic E-state index is -4.15. The summed E-state index contributed by atoms with van der Waals surface area (Å²) in [6, 6.07) is 4.77. The van der Waals surface area contributed by atoms with Crippen LogP contribution in [0.4, 0.5) is 0 Å². The number of sulfone groups is 1. The number of aliphatic carboxylic acids is 2. The van der Waals surface area contributed by atoms with Crippen LogP contribution in [0.1, 0.15) is 5.69 Å². The molecule has 1 atom stereocenters. The van der Waals surface area contributed by atoms with Gasteiger partial charge in [-0.2, -0.15) is 0 Å². The van der Waals surface area contributed by atoms with Crippen LogP contribution in [0, 0.1) is 0 Å². The molecule has 0 unspecified atom stereocenters. The van der Waals surface area contributed by atoms with Gasteiger partial charge in [0.15, 0.2) is 15.2 Å². The van der Waals surface area contributed by atoms with Crippen LogP contribution in [0.3, 0.4) is 0 Å². The molecule has 1 amide bonds. The number of nitrogens with zero attached hydrogens (tertiary/aromatic N) is 2. The number of β-lactam (4-membered cyclic amide) rings is 1. The number of rotatable bonds is 3. The maximum atomic E-state index is 12.3. The second kappa shape index (κ2) is 8.34. The largest absolute Gasteiger partial charge is 1.00 e. The van der Waals surface area contributed by atoms with Gasteiger partial charge in [-0.3, -0.25) is 14.7 Å². The van der Waals surface area contributed by atoms with Crippen LogP contribution in [0.5, 0.6) is 0 Å². The fourth-order valence-corrected chi connectivity index (χ4v) is 4.51. The molecular formula is C14H8N2Na2O7S. The number of amides is 1. The molecular weight excluding hydrogens is 386 g/mol. The standard InChI is InChI=1S/C14H10N2O7S.2Na/c17-11-8(5-7-3-1-2-4-15-7)12-16(11)10(14(20)21)9(13(18)19)6-24(12,22)23;;/h1-5,12H,6H2,(H,18,19)(H,20,21);;/q;2*+1/p-2/b8-5-;;/t12-;;/m1../s1. The number of carboxylic acids is 2. The summed E-state index contributed by atoms with van der Waals surface area (Å²) < 4.78 is 24.6. The summed E-state index contributed by atoms with van der Waals surface area (Å²) >= 11 is 0. The summed E-state index contributed by atoms with van der Waals surface area (Å²) in [7, 11) is -4.15. The Balaban J connectivity index is 0.00000169. The summed E-state index contributed by atoms with van der Waals surface area (Å²) in [5.41, 5.74) is -1.88. The Morgan fingerprint density at radius 1 is 1.19 bits per heavy atom. The first-order valence-electron chi connectivity index (χ1n) is 6.57. The van der Waals surface area contributed by atoms with Crippen LogP contribution >= 0.6 is 0 Å². The van der Waals surface area contributed by atoms with Crippen molar-refractivity contribution in [2.24, 2.45) is 0 Å². The van der Waals surface area contributed by atoms with Crippen molar-refractivity contribution >= 4 is 33.8 Å². The third kappa shape index (κ3) is 3.81. The first-order valence-corrected chi connectivity index (χ1v) is 8.29. The number of hydrogen-bond donors (Lipinski definition) is 0. The van der Waals surface area contributed by atoms with E-state index in [1.165, 1.54) is 18.3 Å². The van der Waals surface area contributed by atoms with Crippen LogP contribution in [0.2, 0.25) is 0 Å². The zero-order valence-corrected chi connectivity index (χ0v) is 18.6. The first kappa shape index (κ1) is 23.0. The van der Waals surface area contributed by atoms with E-state index < -0.39 is 50.1 Å². The number of aromatic nitrogens is 1. The van der Waals surface area contributed by atoms with E-state index in [9.17, 15) is 33.0 Å². The van der Waals surface area contributed by atoms with Crippen LogP contribution in [0.25, 0.3) is 6.08 Å². The molecule has 26 heavy (non-hydrogen) atoms. The van der Waals surface area contributed by atoms with Gasteiger partial charge in [0, 0.05) is 11.8 Å². The van der Waals surface area contributed by atoms with Crippen LogP contribution < -0.4 is 69.3 Å². The van der Waals surface area contributed by atoms with Gasteiger partial charge in [0.1, 0.15) is 0 Å². The van der Waals surface area contributed by atoms with Gasteiger partial charge in [-0.1, -0.05) is 6.07 Å². The fourth-order valence-electron chi connectivity index (χ4n) is 2.62. The molecule has 0 radical (unpaired) electrons. The predicted octanol–water partition coefficient (Wildman–Crippen LogP) is -9.18. The Morgan fingerprint density at radius 3 is 2.35 bits per heavy atom. The summed E-state index contributed by atoms with van der Waals surface area (Å²) in [4.78, 5) is 38.8. The molecule has 2 aliphatic rings. The molecule has 1 aromatic heterocycles. The number of fused-ring (bicyclic) bond motifs is 1. The maximum Gasteiger partial charge on any atom is 1.00 e. The summed E-state index contributed by atoms with van der Waals surface area (Å²) in [5, 5.41) is 20.6. The van der Waals surface area contributed by atoms with E-state index in [1.807, 2.05) is 0 Å². The topological polar surface area (TPSA) is 148 Å². The number of carbonyl (C=O) groups is 3. The Kier molecular flexibility index (Phi) is 7.39. The second-order valence-electron chi connectivity index (χ2n) is 5.09. The van der Waals surface area contributed by atoms with Gasteiger partial charge in [-0.05, 0) is 18.2 Å². The molecule has 0 saturated carbocycles. The van der Waals surface area contributed by atoms with E-state index in [2.05, 4.69) is 4.98 Å². The number of pyridine rings is 1.